The second-order valence-electron chi connectivity index (χ2n) is 4.83. The zero-order valence-electron chi connectivity index (χ0n) is 13.9. The molecule has 2 rings (SSSR count). The Morgan fingerprint density at radius 2 is 1.24 bits per heavy atom. The average Bonchev–Trinajstić information content (AvgIpc) is 2.61. The first-order valence-electron chi connectivity index (χ1n) is 7.37. The molecule has 0 unspecified atom stereocenters. The Hall–Kier alpha value is -0.820. The van der Waals surface area contributed by atoms with E-state index in [1.165, 1.54) is 0 Å². The summed E-state index contributed by atoms with van der Waals surface area (Å²) < 4.78 is 12.8. The Morgan fingerprint density at radius 1 is 0.800 bits per heavy atom. The maximum atomic E-state index is 5.36. The highest BCUT2D eigenvalue weighted by Crippen LogP contribution is 2.27. The summed E-state index contributed by atoms with van der Waals surface area (Å²) in [4.78, 5) is 0. The summed E-state index contributed by atoms with van der Waals surface area (Å²) in [6, 6.07) is 11.9. The van der Waals surface area contributed by atoms with E-state index in [2.05, 4.69) is 54.8 Å². The lowest BCUT2D eigenvalue weighted by Gasteiger charge is -2.05. The van der Waals surface area contributed by atoms with E-state index in [-0.39, 0.29) is 0 Å². The van der Waals surface area contributed by atoms with Crippen LogP contribution in [0.25, 0.3) is 12.2 Å². The molecule has 0 aromatic heterocycles. The highest BCUT2D eigenvalue weighted by atomic mass is 79.9. The van der Waals surface area contributed by atoms with Crippen molar-refractivity contribution in [1.82, 2.24) is 0 Å². The maximum absolute atomic E-state index is 5.36. The predicted octanol–water partition coefficient (Wildman–Crippen LogP) is 7.29. The SMILES string of the molecule is COc1ccc(Br)cc1/C=C/SCS/C=C/c1cc(Br)ccc1OC. The molecule has 2 aromatic rings. The molecule has 132 valence electrons. The highest BCUT2D eigenvalue weighted by Gasteiger charge is 2.00. The van der Waals surface area contributed by atoms with Gasteiger partial charge in [-0.05, 0) is 59.4 Å². The first-order valence-corrected chi connectivity index (χ1v) is 11.1. The minimum Gasteiger partial charge on any atom is -0.496 e. The monoisotopic (exact) mass is 500 g/mol. The summed E-state index contributed by atoms with van der Waals surface area (Å²) in [6.45, 7) is 0. The number of methoxy groups -OCH3 is 2. The van der Waals surface area contributed by atoms with Crippen molar-refractivity contribution >= 4 is 67.5 Å². The molecule has 0 saturated carbocycles. The molecule has 0 heterocycles. The fraction of sp³-hybridized carbons (Fsp3) is 0.158. The van der Waals surface area contributed by atoms with Crippen LogP contribution in [0.4, 0.5) is 0 Å². The molecule has 0 aliphatic carbocycles. The molecule has 0 fully saturated rings. The molecule has 0 atom stereocenters. The maximum Gasteiger partial charge on any atom is 0.126 e. The van der Waals surface area contributed by atoms with E-state index in [1.54, 1.807) is 37.7 Å². The van der Waals surface area contributed by atoms with Gasteiger partial charge in [0.05, 0.1) is 14.2 Å². The molecule has 25 heavy (non-hydrogen) atoms. The first-order chi connectivity index (χ1) is 12.1. The summed E-state index contributed by atoms with van der Waals surface area (Å²) in [7, 11) is 3.37. The summed E-state index contributed by atoms with van der Waals surface area (Å²) in [5.41, 5.74) is 2.12. The van der Waals surface area contributed by atoms with Gasteiger partial charge >= 0.3 is 0 Å². The molecule has 0 N–H and O–H groups in total. The van der Waals surface area contributed by atoms with Crippen molar-refractivity contribution < 1.29 is 9.47 Å². The van der Waals surface area contributed by atoms with Crippen LogP contribution in [-0.2, 0) is 0 Å². The minimum absolute atomic E-state index is 0.870. The molecule has 6 heteroatoms. The standard InChI is InChI=1S/C19H18Br2O2S2/c1-22-18-5-3-16(20)11-14(18)7-9-24-13-25-10-8-15-12-17(21)4-6-19(15)23-2/h3-12H,13H2,1-2H3/b9-7+,10-8+. The van der Waals surface area contributed by atoms with Crippen molar-refractivity contribution in [2.24, 2.45) is 0 Å². The van der Waals surface area contributed by atoms with Crippen LogP contribution in [0.5, 0.6) is 11.5 Å². The van der Waals surface area contributed by atoms with Crippen LogP contribution < -0.4 is 9.47 Å². The summed E-state index contributed by atoms with van der Waals surface area (Å²) in [5.74, 6) is 1.74. The molecule has 0 saturated heterocycles. The number of thioether (sulfide) groups is 2. The van der Waals surface area contributed by atoms with Gasteiger partial charge in [0.1, 0.15) is 11.5 Å². The Labute approximate surface area is 174 Å². The predicted molar refractivity (Wildman–Crippen MR) is 120 cm³/mol. The number of ether oxygens (including phenoxy) is 2. The smallest absolute Gasteiger partial charge is 0.126 e. The largest absolute Gasteiger partial charge is 0.496 e. The molecule has 0 spiro atoms. The lowest BCUT2D eigenvalue weighted by atomic mass is 10.2. The van der Waals surface area contributed by atoms with E-state index < -0.39 is 0 Å². The molecule has 0 radical (unpaired) electrons. The van der Waals surface area contributed by atoms with E-state index in [1.807, 2.05) is 36.4 Å². The number of benzene rings is 2. The van der Waals surface area contributed by atoms with E-state index in [0.29, 0.717) is 0 Å². The third kappa shape index (κ3) is 6.77. The van der Waals surface area contributed by atoms with Gasteiger partial charge < -0.3 is 9.47 Å². The van der Waals surface area contributed by atoms with Gasteiger partial charge in [-0.3, -0.25) is 0 Å². The zero-order valence-corrected chi connectivity index (χ0v) is 18.7. The quantitative estimate of drug-likeness (QED) is 0.279. The topological polar surface area (TPSA) is 18.5 Å². The Bertz CT molecular complexity index is 698. The molecular weight excluding hydrogens is 484 g/mol. The number of hydrogen-bond acceptors (Lipinski definition) is 4. The Balaban J connectivity index is 1.84. The third-order valence-corrected chi connectivity index (χ3v) is 5.94. The van der Waals surface area contributed by atoms with Crippen LogP contribution in [0.3, 0.4) is 0 Å². The molecule has 2 nitrogen and oxygen atoms in total. The van der Waals surface area contributed by atoms with Gasteiger partial charge in [0.15, 0.2) is 0 Å². The molecule has 0 aliphatic rings. The minimum atomic E-state index is 0.870. The van der Waals surface area contributed by atoms with Gasteiger partial charge in [-0.15, -0.1) is 23.5 Å². The van der Waals surface area contributed by atoms with Crippen LogP contribution in [0.15, 0.2) is 56.2 Å². The van der Waals surface area contributed by atoms with Gasteiger partial charge in [0.2, 0.25) is 0 Å². The van der Waals surface area contributed by atoms with E-state index in [4.69, 9.17) is 9.47 Å². The number of rotatable bonds is 8. The van der Waals surface area contributed by atoms with Crippen molar-refractivity contribution in [3.05, 3.63) is 67.3 Å². The first kappa shape index (κ1) is 20.5. The fourth-order valence-electron chi connectivity index (χ4n) is 2.03. The summed E-state index contributed by atoms with van der Waals surface area (Å²) >= 11 is 10.5. The van der Waals surface area contributed by atoms with Crippen molar-refractivity contribution in [2.75, 3.05) is 19.3 Å². The lowest BCUT2D eigenvalue weighted by Crippen LogP contribution is -1.86. The van der Waals surface area contributed by atoms with E-state index in [0.717, 1.165) is 36.7 Å². The van der Waals surface area contributed by atoms with E-state index in [9.17, 15) is 0 Å². The third-order valence-electron chi connectivity index (χ3n) is 3.21. The fourth-order valence-corrected chi connectivity index (χ4v) is 4.22. The van der Waals surface area contributed by atoms with Gasteiger partial charge in [-0.2, -0.15) is 0 Å². The molecule has 0 bridgehead atoms. The summed E-state index contributed by atoms with van der Waals surface area (Å²) in [5, 5.41) is 5.11. The lowest BCUT2D eigenvalue weighted by molar-refractivity contribution is 0.413. The molecule has 0 aliphatic heterocycles. The summed E-state index contributed by atoms with van der Waals surface area (Å²) in [6.07, 6.45) is 4.13. The number of halogens is 2. The van der Waals surface area contributed by atoms with Crippen molar-refractivity contribution in [3.63, 3.8) is 0 Å². The van der Waals surface area contributed by atoms with Crippen LogP contribution in [0.1, 0.15) is 11.1 Å². The second kappa shape index (κ2) is 11.0. The van der Waals surface area contributed by atoms with Gasteiger partial charge in [-0.25, -0.2) is 0 Å². The average molecular weight is 502 g/mol. The van der Waals surface area contributed by atoms with Crippen molar-refractivity contribution in [3.8, 4) is 11.5 Å². The highest BCUT2D eigenvalue weighted by molar-refractivity contribution is 9.10. The normalized spacial score (nSPS) is 11.4. The second-order valence-corrected chi connectivity index (χ2v) is 8.81. The van der Waals surface area contributed by atoms with Crippen LogP contribution in [0, 0.1) is 0 Å². The van der Waals surface area contributed by atoms with Gasteiger partial charge in [0, 0.05) is 25.2 Å². The van der Waals surface area contributed by atoms with Crippen molar-refractivity contribution in [1.29, 1.82) is 0 Å². The molecule has 2 aromatic carbocycles. The van der Waals surface area contributed by atoms with Crippen LogP contribution >= 0.6 is 55.4 Å². The number of hydrogen-bond donors (Lipinski definition) is 0. The Morgan fingerprint density at radius 3 is 1.64 bits per heavy atom. The van der Waals surface area contributed by atoms with Gasteiger partial charge in [-0.1, -0.05) is 31.9 Å². The molecule has 0 amide bonds. The zero-order chi connectivity index (χ0) is 18.1. The van der Waals surface area contributed by atoms with Crippen LogP contribution in [-0.4, -0.2) is 19.3 Å². The molecular formula is C19H18Br2O2S2. The Kier molecular flexibility index (Phi) is 9.03. The van der Waals surface area contributed by atoms with Crippen LogP contribution in [0.2, 0.25) is 0 Å². The van der Waals surface area contributed by atoms with E-state index >= 15 is 0 Å². The van der Waals surface area contributed by atoms with Crippen molar-refractivity contribution in [2.45, 2.75) is 0 Å². The van der Waals surface area contributed by atoms with Gasteiger partial charge in [0.25, 0.3) is 0 Å².